The Morgan fingerprint density at radius 3 is 2.64 bits per heavy atom. The number of hydrogen-bond acceptors (Lipinski definition) is 4. The van der Waals surface area contributed by atoms with Crippen LogP contribution in [0.3, 0.4) is 0 Å². The molecule has 0 saturated carbocycles. The van der Waals surface area contributed by atoms with E-state index < -0.39 is 22.5 Å². The maximum atomic E-state index is 13.4. The van der Waals surface area contributed by atoms with Crippen LogP contribution < -0.4 is 5.32 Å². The van der Waals surface area contributed by atoms with Crippen LogP contribution in [-0.2, 0) is 11.2 Å². The molecule has 2 aromatic rings. The molecule has 0 spiro atoms. The van der Waals surface area contributed by atoms with E-state index in [2.05, 4.69) is 10.3 Å². The molecular weight excluding hydrogens is 296 g/mol. The van der Waals surface area contributed by atoms with Crippen LogP contribution in [0.5, 0.6) is 0 Å². The average Bonchev–Trinajstić information content (AvgIpc) is 2.41. The number of aromatic nitrogens is 1. The number of anilines is 1. The van der Waals surface area contributed by atoms with Gasteiger partial charge in [0.25, 0.3) is 5.69 Å². The zero-order valence-electron chi connectivity index (χ0n) is 11.5. The summed E-state index contributed by atoms with van der Waals surface area (Å²) in [5.41, 5.74) is 0.0240. The number of aryl methyl sites for hydroxylation is 1. The van der Waals surface area contributed by atoms with Gasteiger partial charge in [-0.25, -0.2) is 13.8 Å². The van der Waals surface area contributed by atoms with Gasteiger partial charge in [-0.3, -0.25) is 14.9 Å². The molecule has 0 bridgehead atoms. The molecule has 1 aromatic carbocycles. The Balaban J connectivity index is 2.09. The molecule has 0 saturated heterocycles. The Morgan fingerprint density at radius 1 is 1.32 bits per heavy atom. The Morgan fingerprint density at radius 2 is 2.05 bits per heavy atom. The topological polar surface area (TPSA) is 85.1 Å². The van der Waals surface area contributed by atoms with E-state index in [-0.39, 0.29) is 29.2 Å². The Kier molecular flexibility index (Phi) is 4.40. The molecule has 8 heteroatoms. The molecule has 0 aliphatic heterocycles. The molecule has 2 rings (SSSR count). The smallest absolute Gasteiger partial charge is 0.290 e. The first-order chi connectivity index (χ1) is 10.4. The first kappa shape index (κ1) is 15.5. The number of nitro groups is 1. The van der Waals surface area contributed by atoms with Crippen molar-refractivity contribution in [3.8, 4) is 0 Å². The van der Waals surface area contributed by atoms with Gasteiger partial charge < -0.3 is 5.32 Å². The van der Waals surface area contributed by atoms with Gasteiger partial charge in [-0.15, -0.1) is 0 Å². The lowest BCUT2D eigenvalue weighted by Crippen LogP contribution is -2.16. The summed E-state index contributed by atoms with van der Waals surface area (Å²) in [5, 5.41) is 13.1. The SMILES string of the molecule is Cc1nc(NC(=O)Cc2ccc(F)cc2F)ccc1[N+](=O)[O-]. The summed E-state index contributed by atoms with van der Waals surface area (Å²) in [6, 6.07) is 5.43. The molecule has 22 heavy (non-hydrogen) atoms. The van der Waals surface area contributed by atoms with Crippen molar-refractivity contribution in [3.05, 3.63) is 63.3 Å². The zero-order valence-corrected chi connectivity index (χ0v) is 11.5. The fourth-order valence-electron chi connectivity index (χ4n) is 1.84. The van der Waals surface area contributed by atoms with E-state index in [0.29, 0.717) is 6.07 Å². The molecule has 0 aliphatic carbocycles. The van der Waals surface area contributed by atoms with Crippen molar-refractivity contribution in [2.24, 2.45) is 0 Å². The van der Waals surface area contributed by atoms with E-state index in [0.717, 1.165) is 6.07 Å². The van der Waals surface area contributed by atoms with E-state index in [1.54, 1.807) is 0 Å². The summed E-state index contributed by atoms with van der Waals surface area (Å²) >= 11 is 0. The van der Waals surface area contributed by atoms with Gasteiger partial charge in [-0.05, 0) is 24.6 Å². The Hall–Kier alpha value is -2.90. The number of carbonyl (C=O) groups is 1. The summed E-state index contributed by atoms with van der Waals surface area (Å²) in [4.78, 5) is 25.8. The number of amides is 1. The van der Waals surface area contributed by atoms with Crippen LogP contribution >= 0.6 is 0 Å². The van der Waals surface area contributed by atoms with Gasteiger partial charge in [0.05, 0.1) is 11.3 Å². The number of nitrogens with one attached hydrogen (secondary N) is 1. The van der Waals surface area contributed by atoms with Gasteiger partial charge in [0.1, 0.15) is 23.1 Å². The molecule has 0 aliphatic rings. The van der Waals surface area contributed by atoms with Crippen LogP contribution in [0, 0.1) is 28.7 Å². The summed E-state index contributed by atoms with van der Waals surface area (Å²) in [5.74, 6) is -1.99. The van der Waals surface area contributed by atoms with Gasteiger partial charge in [-0.2, -0.15) is 0 Å². The maximum Gasteiger partial charge on any atom is 0.290 e. The van der Waals surface area contributed by atoms with Crippen LogP contribution in [0.25, 0.3) is 0 Å². The van der Waals surface area contributed by atoms with Gasteiger partial charge in [0, 0.05) is 12.1 Å². The normalized spacial score (nSPS) is 10.3. The highest BCUT2D eigenvalue weighted by Crippen LogP contribution is 2.18. The lowest BCUT2D eigenvalue weighted by Gasteiger charge is -2.06. The molecule has 1 heterocycles. The highest BCUT2D eigenvalue weighted by molar-refractivity contribution is 5.91. The summed E-state index contributed by atoms with van der Waals surface area (Å²) in [6.07, 6.45) is -0.302. The molecule has 6 nitrogen and oxygen atoms in total. The first-order valence-electron chi connectivity index (χ1n) is 6.22. The predicted octanol–water partition coefficient (Wildman–Crippen LogP) is 2.76. The van der Waals surface area contributed by atoms with Crippen LogP contribution in [0.2, 0.25) is 0 Å². The van der Waals surface area contributed by atoms with Crippen molar-refractivity contribution in [2.45, 2.75) is 13.3 Å². The minimum Gasteiger partial charge on any atom is -0.310 e. The summed E-state index contributed by atoms with van der Waals surface area (Å²) < 4.78 is 26.2. The maximum absolute atomic E-state index is 13.4. The minimum absolute atomic E-state index is 0.0394. The van der Waals surface area contributed by atoms with Crippen molar-refractivity contribution in [3.63, 3.8) is 0 Å². The van der Waals surface area contributed by atoms with Crippen molar-refractivity contribution >= 4 is 17.4 Å². The fourth-order valence-corrected chi connectivity index (χ4v) is 1.84. The van der Waals surface area contributed by atoms with E-state index >= 15 is 0 Å². The highest BCUT2D eigenvalue weighted by Gasteiger charge is 2.14. The van der Waals surface area contributed by atoms with E-state index in [4.69, 9.17) is 0 Å². The number of rotatable bonds is 4. The largest absolute Gasteiger partial charge is 0.310 e. The number of hydrogen-bond donors (Lipinski definition) is 1. The monoisotopic (exact) mass is 307 g/mol. The van der Waals surface area contributed by atoms with Gasteiger partial charge in [-0.1, -0.05) is 6.07 Å². The van der Waals surface area contributed by atoms with Crippen LogP contribution in [-0.4, -0.2) is 15.8 Å². The Labute approximate surface area is 123 Å². The number of benzene rings is 1. The standard InChI is InChI=1S/C14H11F2N3O3/c1-8-12(19(21)22)4-5-13(17-8)18-14(20)6-9-2-3-10(15)7-11(9)16/h2-5,7H,6H2,1H3,(H,17,18,20). The average molecular weight is 307 g/mol. The fraction of sp³-hybridized carbons (Fsp3) is 0.143. The third-order valence-electron chi connectivity index (χ3n) is 2.89. The first-order valence-corrected chi connectivity index (χ1v) is 6.22. The van der Waals surface area contributed by atoms with Gasteiger partial charge >= 0.3 is 0 Å². The molecule has 0 unspecified atom stereocenters. The molecule has 1 aromatic heterocycles. The quantitative estimate of drug-likeness (QED) is 0.695. The molecule has 0 fully saturated rings. The van der Waals surface area contributed by atoms with E-state index in [1.165, 1.54) is 25.1 Å². The third-order valence-corrected chi connectivity index (χ3v) is 2.89. The predicted molar refractivity (Wildman–Crippen MR) is 74.3 cm³/mol. The second kappa shape index (κ2) is 6.25. The van der Waals surface area contributed by atoms with Gasteiger partial charge in [0.2, 0.25) is 5.91 Å². The molecule has 1 N–H and O–H groups in total. The molecular formula is C14H11F2N3O3. The van der Waals surface area contributed by atoms with Crippen LogP contribution in [0.4, 0.5) is 20.3 Å². The second-order valence-electron chi connectivity index (χ2n) is 4.52. The van der Waals surface area contributed by atoms with E-state index in [1.807, 2.05) is 0 Å². The number of carbonyl (C=O) groups excluding carboxylic acids is 1. The summed E-state index contributed by atoms with van der Waals surface area (Å²) in [7, 11) is 0. The lowest BCUT2D eigenvalue weighted by molar-refractivity contribution is -0.385. The van der Waals surface area contributed by atoms with Crippen molar-refractivity contribution in [1.82, 2.24) is 4.98 Å². The lowest BCUT2D eigenvalue weighted by atomic mass is 10.1. The second-order valence-corrected chi connectivity index (χ2v) is 4.52. The van der Waals surface area contributed by atoms with Crippen LogP contribution in [0.1, 0.15) is 11.3 Å². The molecule has 0 radical (unpaired) electrons. The highest BCUT2D eigenvalue weighted by atomic mass is 19.1. The molecule has 114 valence electrons. The van der Waals surface area contributed by atoms with Crippen molar-refractivity contribution in [1.29, 1.82) is 0 Å². The van der Waals surface area contributed by atoms with Crippen LogP contribution in [0.15, 0.2) is 30.3 Å². The van der Waals surface area contributed by atoms with E-state index in [9.17, 15) is 23.7 Å². The Bertz CT molecular complexity index is 750. The van der Waals surface area contributed by atoms with Crippen molar-refractivity contribution < 1.29 is 18.5 Å². The van der Waals surface area contributed by atoms with Gasteiger partial charge in [0.15, 0.2) is 0 Å². The molecule has 1 amide bonds. The number of halogens is 2. The number of pyridine rings is 1. The van der Waals surface area contributed by atoms with Crippen molar-refractivity contribution in [2.75, 3.05) is 5.32 Å². The molecule has 0 atom stereocenters. The third kappa shape index (κ3) is 3.60. The minimum atomic E-state index is -0.817. The summed E-state index contributed by atoms with van der Waals surface area (Å²) in [6.45, 7) is 1.44. The number of nitrogens with zero attached hydrogens (tertiary/aromatic N) is 2. The zero-order chi connectivity index (χ0) is 16.3.